The summed E-state index contributed by atoms with van der Waals surface area (Å²) in [5, 5.41) is 21.2. The molecule has 1 amide bonds. The molecular formula is C20H17N3O3S3. The van der Waals surface area contributed by atoms with Gasteiger partial charge in [0, 0.05) is 5.75 Å². The number of aliphatic hydroxyl groups excluding tert-OH is 1. The molecule has 1 atom stereocenters. The van der Waals surface area contributed by atoms with Gasteiger partial charge in [-0.05, 0) is 23.4 Å². The molecule has 2 aromatic heterocycles. The SMILES string of the molecule is CCCSc1nnc(N2C(=O)C(O)=C(C(=O)c3cccs3)C2c2ccccc2)s1. The molecule has 0 saturated carbocycles. The molecule has 3 heterocycles. The summed E-state index contributed by atoms with van der Waals surface area (Å²) in [7, 11) is 0. The smallest absolute Gasteiger partial charge is 0.296 e. The van der Waals surface area contributed by atoms with Crippen LogP contribution in [0.25, 0.3) is 0 Å². The van der Waals surface area contributed by atoms with Crippen LogP contribution < -0.4 is 4.90 Å². The van der Waals surface area contributed by atoms with E-state index in [4.69, 9.17) is 0 Å². The van der Waals surface area contributed by atoms with Crippen LogP contribution in [0.2, 0.25) is 0 Å². The topological polar surface area (TPSA) is 83.4 Å². The van der Waals surface area contributed by atoms with Crippen LogP contribution in [0.4, 0.5) is 5.13 Å². The Morgan fingerprint density at radius 2 is 2.00 bits per heavy atom. The van der Waals surface area contributed by atoms with Gasteiger partial charge in [-0.3, -0.25) is 14.5 Å². The van der Waals surface area contributed by atoms with Gasteiger partial charge in [0.15, 0.2) is 10.1 Å². The minimum absolute atomic E-state index is 0.0709. The van der Waals surface area contributed by atoms with E-state index in [-0.39, 0.29) is 11.4 Å². The third kappa shape index (κ3) is 3.73. The fourth-order valence-electron chi connectivity index (χ4n) is 3.07. The van der Waals surface area contributed by atoms with Gasteiger partial charge >= 0.3 is 0 Å². The summed E-state index contributed by atoms with van der Waals surface area (Å²) < 4.78 is 0.749. The normalized spacial score (nSPS) is 16.7. The predicted octanol–water partition coefficient (Wildman–Crippen LogP) is 4.88. The number of carbonyl (C=O) groups excluding carboxylic acids is 2. The van der Waals surface area contributed by atoms with Crippen molar-refractivity contribution < 1.29 is 14.7 Å². The molecule has 1 N–H and O–H groups in total. The quantitative estimate of drug-likeness (QED) is 0.318. The molecule has 1 aliphatic heterocycles. The zero-order chi connectivity index (χ0) is 20.4. The zero-order valence-electron chi connectivity index (χ0n) is 15.4. The number of hydrogen-bond donors (Lipinski definition) is 1. The van der Waals surface area contributed by atoms with Crippen molar-refractivity contribution >= 4 is 51.3 Å². The standard InChI is InChI=1S/C20H17N3O3S3/c1-2-10-28-20-22-21-19(29-20)23-15(12-7-4-3-5-8-12)14(17(25)18(23)26)16(24)13-9-6-11-27-13/h3-9,11,15,25H,2,10H2,1H3. The Morgan fingerprint density at radius 3 is 2.69 bits per heavy atom. The van der Waals surface area contributed by atoms with E-state index < -0.39 is 17.7 Å². The van der Waals surface area contributed by atoms with Gasteiger partial charge in [0.25, 0.3) is 5.91 Å². The molecule has 1 unspecified atom stereocenters. The summed E-state index contributed by atoms with van der Waals surface area (Å²) >= 11 is 4.13. The highest BCUT2D eigenvalue weighted by atomic mass is 32.2. The van der Waals surface area contributed by atoms with Crippen LogP contribution in [-0.4, -0.2) is 32.7 Å². The van der Waals surface area contributed by atoms with Crippen molar-refractivity contribution in [3.8, 4) is 0 Å². The molecule has 9 heteroatoms. The Balaban J connectivity index is 1.78. The number of nitrogens with zero attached hydrogens (tertiary/aromatic N) is 3. The van der Waals surface area contributed by atoms with Gasteiger partial charge in [-0.15, -0.1) is 21.5 Å². The van der Waals surface area contributed by atoms with Crippen molar-refractivity contribution in [3.63, 3.8) is 0 Å². The maximum atomic E-state index is 13.1. The Hall–Kier alpha value is -2.49. The summed E-state index contributed by atoms with van der Waals surface area (Å²) in [6.07, 6.45) is 0.997. The minimum atomic E-state index is -0.754. The number of rotatable bonds is 7. The molecule has 6 nitrogen and oxygen atoms in total. The van der Waals surface area contributed by atoms with Crippen molar-refractivity contribution in [2.45, 2.75) is 23.7 Å². The lowest BCUT2D eigenvalue weighted by Crippen LogP contribution is -2.30. The average molecular weight is 444 g/mol. The first-order chi connectivity index (χ1) is 14.1. The molecule has 0 fully saturated rings. The van der Waals surface area contributed by atoms with Gasteiger partial charge in [-0.25, -0.2) is 0 Å². The van der Waals surface area contributed by atoms with Crippen molar-refractivity contribution in [3.05, 3.63) is 69.6 Å². The second kappa shape index (κ2) is 8.48. The molecule has 1 aromatic carbocycles. The predicted molar refractivity (Wildman–Crippen MR) is 116 cm³/mol. The van der Waals surface area contributed by atoms with Crippen LogP contribution >= 0.6 is 34.4 Å². The summed E-state index contributed by atoms with van der Waals surface area (Å²) in [4.78, 5) is 28.0. The van der Waals surface area contributed by atoms with Gasteiger partial charge in [-0.2, -0.15) is 0 Å². The Morgan fingerprint density at radius 1 is 1.21 bits per heavy atom. The summed E-state index contributed by atoms with van der Waals surface area (Å²) in [6.45, 7) is 2.08. The highest BCUT2D eigenvalue weighted by Gasteiger charge is 2.46. The number of ketones is 1. The largest absolute Gasteiger partial charge is 0.503 e. The van der Waals surface area contributed by atoms with Crippen LogP contribution in [0.5, 0.6) is 0 Å². The van der Waals surface area contributed by atoms with E-state index in [0.29, 0.717) is 10.0 Å². The van der Waals surface area contributed by atoms with E-state index in [1.54, 1.807) is 29.3 Å². The first kappa shape index (κ1) is 19.8. The number of thiophene rings is 1. The first-order valence-corrected chi connectivity index (χ1v) is 11.7. The zero-order valence-corrected chi connectivity index (χ0v) is 17.9. The third-order valence-electron chi connectivity index (χ3n) is 4.34. The van der Waals surface area contributed by atoms with Gasteiger partial charge in [0.05, 0.1) is 16.5 Å². The fraction of sp³-hybridized carbons (Fsp3) is 0.200. The van der Waals surface area contributed by atoms with Crippen molar-refractivity contribution in [2.24, 2.45) is 0 Å². The fourth-order valence-corrected chi connectivity index (χ4v) is 5.54. The van der Waals surface area contributed by atoms with Crippen molar-refractivity contribution in [1.82, 2.24) is 10.2 Å². The third-order valence-corrected chi connectivity index (χ3v) is 7.47. The summed E-state index contributed by atoms with van der Waals surface area (Å²) in [5.74, 6) is -0.625. The lowest BCUT2D eigenvalue weighted by molar-refractivity contribution is -0.117. The molecule has 4 rings (SSSR count). The highest BCUT2D eigenvalue weighted by molar-refractivity contribution is 8.01. The molecule has 148 valence electrons. The molecule has 29 heavy (non-hydrogen) atoms. The van der Waals surface area contributed by atoms with E-state index in [1.807, 2.05) is 30.3 Å². The maximum Gasteiger partial charge on any atom is 0.296 e. The second-order valence-electron chi connectivity index (χ2n) is 6.26. The van der Waals surface area contributed by atoms with Gasteiger partial charge in [0.1, 0.15) is 0 Å². The van der Waals surface area contributed by atoms with E-state index in [0.717, 1.165) is 22.1 Å². The number of benzene rings is 1. The Bertz CT molecular complexity index is 1060. The molecule has 0 saturated heterocycles. The van der Waals surface area contributed by atoms with Gasteiger partial charge in [-0.1, -0.05) is 66.4 Å². The van der Waals surface area contributed by atoms with E-state index in [1.165, 1.54) is 27.6 Å². The van der Waals surface area contributed by atoms with E-state index in [2.05, 4.69) is 17.1 Å². The molecule has 1 aliphatic rings. The molecule has 0 bridgehead atoms. The number of aliphatic hydroxyl groups is 1. The number of carbonyl (C=O) groups is 2. The number of anilines is 1. The average Bonchev–Trinajstić information content (AvgIpc) is 3.48. The summed E-state index contributed by atoms with van der Waals surface area (Å²) in [5.41, 5.74) is 0.796. The van der Waals surface area contributed by atoms with Crippen LogP contribution in [0.1, 0.15) is 34.6 Å². The number of aromatic nitrogens is 2. The first-order valence-electron chi connectivity index (χ1n) is 8.98. The van der Waals surface area contributed by atoms with E-state index in [9.17, 15) is 14.7 Å². The number of thioether (sulfide) groups is 1. The van der Waals surface area contributed by atoms with Gasteiger partial charge in [0.2, 0.25) is 10.9 Å². The lowest BCUT2D eigenvalue weighted by atomic mass is 9.96. The monoisotopic (exact) mass is 443 g/mol. The second-order valence-corrected chi connectivity index (χ2v) is 9.50. The minimum Gasteiger partial charge on any atom is -0.503 e. The number of Topliss-reactive ketones (excluding diaryl/α,β-unsaturated/α-hetero) is 1. The molecule has 0 radical (unpaired) electrons. The van der Waals surface area contributed by atoms with Gasteiger partial charge < -0.3 is 5.11 Å². The van der Waals surface area contributed by atoms with Crippen LogP contribution in [0.3, 0.4) is 0 Å². The Labute approximate surface area is 179 Å². The van der Waals surface area contributed by atoms with Crippen molar-refractivity contribution in [2.75, 3.05) is 10.7 Å². The van der Waals surface area contributed by atoms with Crippen LogP contribution in [-0.2, 0) is 4.79 Å². The van der Waals surface area contributed by atoms with Crippen molar-refractivity contribution in [1.29, 1.82) is 0 Å². The van der Waals surface area contributed by atoms with Crippen LogP contribution in [0.15, 0.2) is 63.5 Å². The molecular weight excluding hydrogens is 426 g/mol. The maximum absolute atomic E-state index is 13.1. The van der Waals surface area contributed by atoms with Crippen LogP contribution in [0, 0.1) is 0 Å². The number of hydrogen-bond acceptors (Lipinski definition) is 8. The lowest BCUT2D eigenvalue weighted by Gasteiger charge is -2.23. The molecule has 0 spiro atoms. The molecule has 3 aromatic rings. The molecule has 0 aliphatic carbocycles. The highest BCUT2D eigenvalue weighted by Crippen LogP contribution is 2.43. The number of amides is 1. The summed E-state index contributed by atoms with van der Waals surface area (Å²) in [6, 6.07) is 11.9. The Kier molecular flexibility index (Phi) is 5.79. The van der Waals surface area contributed by atoms with E-state index >= 15 is 0 Å².